The van der Waals surface area contributed by atoms with Crippen molar-refractivity contribution in [2.45, 2.75) is 19.6 Å². The predicted octanol–water partition coefficient (Wildman–Crippen LogP) is 1.95. The molecule has 1 amide bonds. The molecule has 1 atom stereocenters. The molecule has 5 heteroatoms. The number of para-hydroxylation sites is 1. The molecule has 1 aromatic carbocycles. The zero-order chi connectivity index (χ0) is 14.4. The number of ether oxygens (including phenoxy) is 1. The molecule has 0 radical (unpaired) electrons. The fourth-order valence-electron chi connectivity index (χ4n) is 1.62. The number of carbonyl (C=O) groups excluding carboxylic acids is 1. The Labute approximate surface area is 117 Å². The second-order valence-corrected chi connectivity index (χ2v) is 4.30. The zero-order valence-corrected chi connectivity index (χ0v) is 11.2. The molecular weight excluding hydrogens is 254 g/mol. The Morgan fingerprint density at radius 1 is 1.30 bits per heavy atom. The van der Waals surface area contributed by atoms with Crippen LogP contribution in [0.15, 0.2) is 48.7 Å². The number of hydrogen-bond acceptors (Lipinski definition) is 4. The number of benzene rings is 1. The number of rotatable bonds is 5. The lowest BCUT2D eigenvalue weighted by molar-refractivity contribution is -0.122. The first kappa shape index (κ1) is 14.0. The summed E-state index contributed by atoms with van der Waals surface area (Å²) in [5, 5.41) is 2.78. The summed E-state index contributed by atoms with van der Waals surface area (Å²) in [6.07, 6.45) is 0.954. The van der Waals surface area contributed by atoms with Gasteiger partial charge in [0.05, 0.1) is 11.9 Å². The monoisotopic (exact) mass is 271 g/mol. The van der Waals surface area contributed by atoms with Gasteiger partial charge in [-0.05, 0) is 31.2 Å². The second kappa shape index (κ2) is 6.68. The van der Waals surface area contributed by atoms with Gasteiger partial charge in [0, 0.05) is 12.2 Å². The summed E-state index contributed by atoms with van der Waals surface area (Å²) in [6, 6.07) is 12.8. The summed E-state index contributed by atoms with van der Waals surface area (Å²) in [7, 11) is 0. The first-order chi connectivity index (χ1) is 9.69. The van der Waals surface area contributed by atoms with E-state index in [9.17, 15) is 4.79 Å². The molecule has 0 bridgehead atoms. The third-order valence-electron chi connectivity index (χ3n) is 2.73. The van der Waals surface area contributed by atoms with Crippen LogP contribution in [0, 0.1) is 0 Å². The summed E-state index contributed by atoms with van der Waals surface area (Å²) >= 11 is 0. The van der Waals surface area contributed by atoms with Gasteiger partial charge in [-0.1, -0.05) is 18.2 Å². The van der Waals surface area contributed by atoms with Gasteiger partial charge in [0.2, 0.25) is 0 Å². The lowest BCUT2D eigenvalue weighted by Gasteiger charge is -2.14. The van der Waals surface area contributed by atoms with Crippen molar-refractivity contribution < 1.29 is 9.53 Å². The number of aromatic nitrogens is 1. The molecule has 20 heavy (non-hydrogen) atoms. The fourth-order valence-corrected chi connectivity index (χ4v) is 1.62. The summed E-state index contributed by atoms with van der Waals surface area (Å²) in [4.78, 5) is 16.1. The van der Waals surface area contributed by atoms with Gasteiger partial charge >= 0.3 is 0 Å². The highest BCUT2D eigenvalue weighted by Crippen LogP contribution is 2.12. The van der Waals surface area contributed by atoms with Crippen molar-refractivity contribution in [3.05, 3.63) is 54.4 Å². The molecule has 2 rings (SSSR count). The third-order valence-corrected chi connectivity index (χ3v) is 2.73. The molecule has 1 aromatic heterocycles. The van der Waals surface area contributed by atoms with Gasteiger partial charge in [0.15, 0.2) is 6.10 Å². The first-order valence-electron chi connectivity index (χ1n) is 6.36. The van der Waals surface area contributed by atoms with E-state index in [-0.39, 0.29) is 5.91 Å². The van der Waals surface area contributed by atoms with Gasteiger partial charge in [-0.2, -0.15) is 0 Å². The molecule has 104 valence electrons. The summed E-state index contributed by atoms with van der Waals surface area (Å²) in [5.41, 5.74) is 6.98. The van der Waals surface area contributed by atoms with Crippen molar-refractivity contribution >= 4 is 11.6 Å². The minimum absolute atomic E-state index is 0.209. The fraction of sp³-hybridized carbons (Fsp3) is 0.200. The van der Waals surface area contributed by atoms with E-state index in [1.165, 1.54) is 0 Å². The summed E-state index contributed by atoms with van der Waals surface area (Å²) < 4.78 is 5.53. The minimum Gasteiger partial charge on any atom is -0.479 e. The average Bonchev–Trinajstić information content (AvgIpc) is 2.49. The summed E-state index contributed by atoms with van der Waals surface area (Å²) in [5.74, 6) is 0.331. The highest BCUT2D eigenvalue weighted by molar-refractivity contribution is 5.94. The van der Waals surface area contributed by atoms with Crippen LogP contribution in [0.2, 0.25) is 0 Å². The van der Waals surface area contributed by atoms with Crippen LogP contribution in [0.5, 0.6) is 5.75 Å². The van der Waals surface area contributed by atoms with E-state index in [1.54, 1.807) is 25.3 Å². The molecule has 0 spiro atoms. The lowest BCUT2D eigenvalue weighted by atomic mass is 10.3. The SMILES string of the molecule is CC(Oc1ccc(CN)nc1)C(=O)Nc1ccccc1. The van der Waals surface area contributed by atoms with Crippen molar-refractivity contribution in [3.8, 4) is 5.75 Å². The maximum atomic E-state index is 12.0. The third kappa shape index (κ3) is 3.80. The molecule has 1 unspecified atom stereocenters. The molecule has 2 aromatic rings. The number of carbonyl (C=O) groups is 1. The van der Waals surface area contributed by atoms with Gasteiger partial charge in [0.25, 0.3) is 5.91 Å². The lowest BCUT2D eigenvalue weighted by Crippen LogP contribution is -2.30. The Bertz CT molecular complexity index is 555. The van der Waals surface area contributed by atoms with E-state index in [0.717, 1.165) is 11.4 Å². The van der Waals surface area contributed by atoms with Crippen molar-refractivity contribution in [2.75, 3.05) is 5.32 Å². The molecule has 1 heterocycles. The van der Waals surface area contributed by atoms with E-state index in [1.807, 2.05) is 30.3 Å². The number of nitrogens with two attached hydrogens (primary N) is 1. The number of amides is 1. The molecule has 0 saturated heterocycles. The first-order valence-corrected chi connectivity index (χ1v) is 6.36. The Hall–Kier alpha value is -2.40. The van der Waals surface area contributed by atoms with E-state index in [4.69, 9.17) is 10.5 Å². The zero-order valence-electron chi connectivity index (χ0n) is 11.2. The quantitative estimate of drug-likeness (QED) is 0.871. The number of hydrogen-bond donors (Lipinski definition) is 2. The number of pyridine rings is 1. The molecule has 0 aliphatic heterocycles. The van der Waals surface area contributed by atoms with E-state index in [0.29, 0.717) is 12.3 Å². The smallest absolute Gasteiger partial charge is 0.265 e. The molecule has 3 N–H and O–H groups in total. The van der Waals surface area contributed by atoms with E-state index in [2.05, 4.69) is 10.3 Å². The largest absolute Gasteiger partial charge is 0.479 e. The van der Waals surface area contributed by atoms with Crippen LogP contribution in [-0.4, -0.2) is 17.0 Å². The van der Waals surface area contributed by atoms with E-state index >= 15 is 0 Å². The molecular formula is C15H17N3O2. The Balaban J connectivity index is 1.93. The number of nitrogens with zero attached hydrogens (tertiary/aromatic N) is 1. The molecule has 0 aliphatic rings. The normalized spacial score (nSPS) is 11.7. The number of nitrogens with one attached hydrogen (secondary N) is 1. The predicted molar refractivity (Wildman–Crippen MR) is 77.3 cm³/mol. The van der Waals surface area contributed by atoms with Crippen LogP contribution in [0.4, 0.5) is 5.69 Å². The molecule has 0 aliphatic carbocycles. The van der Waals surface area contributed by atoms with Gasteiger partial charge in [0.1, 0.15) is 5.75 Å². The highest BCUT2D eigenvalue weighted by Gasteiger charge is 2.14. The van der Waals surface area contributed by atoms with Crippen LogP contribution in [-0.2, 0) is 11.3 Å². The van der Waals surface area contributed by atoms with Crippen LogP contribution in [0.1, 0.15) is 12.6 Å². The average molecular weight is 271 g/mol. The molecule has 0 fully saturated rings. The number of anilines is 1. The van der Waals surface area contributed by atoms with Gasteiger partial charge in [-0.3, -0.25) is 9.78 Å². The Morgan fingerprint density at radius 3 is 2.65 bits per heavy atom. The standard InChI is InChI=1S/C15H17N3O2/c1-11(15(19)18-12-5-3-2-4-6-12)20-14-8-7-13(9-16)17-10-14/h2-8,10-11H,9,16H2,1H3,(H,18,19). The van der Waals surface area contributed by atoms with Crippen molar-refractivity contribution in [2.24, 2.45) is 5.73 Å². The van der Waals surface area contributed by atoms with Crippen LogP contribution in [0.25, 0.3) is 0 Å². The Morgan fingerprint density at radius 2 is 2.05 bits per heavy atom. The van der Waals surface area contributed by atoms with Crippen LogP contribution < -0.4 is 15.8 Å². The van der Waals surface area contributed by atoms with Crippen LogP contribution >= 0.6 is 0 Å². The minimum atomic E-state index is -0.610. The summed E-state index contributed by atoms with van der Waals surface area (Å²) in [6.45, 7) is 2.07. The van der Waals surface area contributed by atoms with Gasteiger partial charge < -0.3 is 15.8 Å². The Kier molecular flexibility index (Phi) is 4.68. The van der Waals surface area contributed by atoms with Gasteiger partial charge in [-0.25, -0.2) is 0 Å². The van der Waals surface area contributed by atoms with Crippen LogP contribution in [0.3, 0.4) is 0 Å². The van der Waals surface area contributed by atoms with Crippen molar-refractivity contribution in [1.82, 2.24) is 4.98 Å². The topological polar surface area (TPSA) is 77.2 Å². The van der Waals surface area contributed by atoms with Gasteiger partial charge in [-0.15, -0.1) is 0 Å². The van der Waals surface area contributed by atoms with E-state index < -0.39 is 6.10 Å². The maximum Gasteiger partial charge on any atom is 0.265 e. The van der Waals surface area contributed by atoms with Crippen molar-refractivity contribution in [3.63, 3.8) is 0 Å². The maximum absolute atomic E-state index is 12.0. The highest BCUT2D eigenvalue weighted by atomic mass is 16.5. The second-order valence-electron chi connectivity index (χ2n) is 4.30. The molecule has 5 nitrogen and oxygen atoms in total. The van der Waals surface area contributed by atoms with Crippen molar-refractivity contribution in [1.29, 1.82) is 0 Å². The molecule has 0 saturated carbocycles.